The molecule has 0 bridgehead atoms. The Kier molecular flexibility index (Phi) is 5.74. The van der Waals surface area contributed by atoms with Gasteiger partial charge in [-0.25, -0.2) is 4.79 Å². The number of fused-ring (bicyclic) bond motifs is 1. The van der Waals surface area contributed by atoms with E-state index in [1.165, 1.54) is 20.3 Å². The van der Waals surface area contributed by atoms with Crippen LogP contribution in [0.5, 0.6) is 11.5 Å². The van der Waals surface area contributed by atoms with Crippen LogP contribution in [0.2, 0.25) is 0 Å². The van der Waals surface area contributed by atoms with E-state index in [0.29, 0.717) is 22.6 Å². The number of amides is 1. The predicted molar refractivity (Wildman–Crippen MR) is 102 cm³/mol. The third-order valence-corrected chi connectivity index (χ3v) is 4.30. The molecule has 2 aromatic rings. The molecule has 1 unspecified atom stereocenters. The molecule has 1 atom stereocenters. The largest absolute Gasteiger partial charge is 0.493 e. The fourth-order valence-corrected chi connectivity index (χ4v) is 2.91. The molecule has 0 fully saturated rings. The predicted octanol–water partition coefficient (Wildman–Crippen LogP) is 2.91. The number of carbonyl (C=O) groups is 3. The first-order chi connectivity index (χ1) is 13.5. The van der Waals surface area contributed by atoms with Crippen molar-refractivity contribution in [2.24, 2.45) is 0 Å². The molecule has 28 heavy (non-hydrogen) atoms. The van der Waals surface area contributed by atoms with Gasteiger partial charge in [0.05, 0.1) is 20.1 Å². The highest BCUT2D eigenvalue weighted by molar-refractivity contribution is 6.00. The summed E-state index contributed by atoms with van der Waals surface area (Å²) in [4.78, 5) is 35.9. The van der Waals surface area contributed by atoms with Crippen molar-refractivity contribution in [3.63, 3.8) is 0 Å². The minimum absolute atomic E-state index is 0.0120. The molecule has 7 nitrogen and oxygen atoms in total. The number of methoxy groups -OCH3 is 2. The fourth-order valence-electron chi connectivity index (χ4n) is 2.91. The molecule has 3 rings (SSSR count). The van der Waals surface area contributed by atoms with E-state index in [-0.39, 0.29) is 18.1 Å². The normalized spacial score (nSPS) is 15.5. The Morgan fingerprint density at radius 3 is 2.64 bits per heavy atom. The van der Waals surface area contributed by atoms with E-state index >= 15 is 0 Å². The molecule has 0 saturated carbocycles. The monoisotopic (exact) mass is 381 g/mol. The maximum atomic E-state index is 12.7. The zero-order chi connectivity index (χ0) is 20.1. The van der Waals surface area contributed by atoms with Crippen molar-refractivity contribution in [1.82, 2.24) is 0 Å². The van der Waals surface area contributed by atoms with Crippen molar-refractivity contribution in [2.75, 3.05) is 19.5 Å². The van der Waals surface area contributed by atoms with Gasteiger partial charge in [0.25, 0.3) is 0 Å². The van der Waals surface area contributed by atoms with Gasteiger partial charge in [0.2, 0.25) is 5.91 Å². The summed E-state index contributed by atoms with van der Waals surface area (Å²) in [6, 6.07) is 12.0. The Morgan fingerprint density at radius 2 is 1.89 bits per heavy atom. The van der Waals surface area contributed by atoms with Crippen LogP contribution in [0.15, 0.2) is 48.5 Å². The van der Waals surface area contributed by atoms with Crippen LogP contribution in [-0.4, -0.2) is 32.1 Å². The summed E-state index contributed by atoms with van der Waals surface area (Å²) in [5.74, 6) is -1.41. The maximum absolute atomic E-state index is 12.7. The molecule has 7 heteroatoms. The smallest absolute Gasteiger partial charge is 0.330 e. The Bertz CT molecular complexity index is 950. The van der Waals surface area contributed by atoms with Gasteiger partial charge in [-0.05, 0) is 35.4 Å². The van der Waals surface area contributed by atoms with Gasteiger partial charge in [-0.2, -0.15) is 0 Å². The molecule has 1 amide bonds. The van der Waals surface area contributed by atoms with Crippen LogP contribution in [0, 0.1) is 0 Å². The summed E-state index contributed by atoms with van der Waals surface area (Å²) in [7, 11) is 2.74. The van der Waals surface area contributed by atoms with Gasteiger partial charge in [0.1, 0.15) is 0 Å². The Morgan fingerprint density at radius 1 is 1.11 bits per heavy atom. The van der Waals surface area contributed by atoms with Crippen molar-refractivity contribution in [3.05, 3.63) is 59.7 Å². The molecule has 1 N–H and O–H groups in total. The van der Waals surface area contributed by atoms with Crippen molar-refractivity contribution < 1.29 is 28.6 Å². The van der Waals surface area contributed by atoms with Gasteiger partial charge < -0.3 is 19.5 Å². The maximum Gasteiger partial charge on any atom is 0.330 e. The summed E-state index contributed by atoms with van der Waals surface area (Å²) in [5, 5.41) is 2.75. The molecule has 0 aliphatic carbocycles. The van der Waals surface area contributed by atoms with Crippen LogP contribution in [0.3, 0.4) is 0 Å². The molecule has 2 aromatic carbocycles. The number of esters is 2. The second-order valence-corrected chi connectivity index (χ2v) is 6.08. The van der Waals surface area contributed by atoms with Crippen molar-refractivity contribution in [1.29, 1.82) is 0 Å². The van der Waals surface area contributed by atoms with E-state index in [0.717, 1.165) is 0 Å². The number of ether oxygens (including phenoxy) is 3. The van der Waals surface area contributed by atoms with Gasteiger partial charge in [-0.1, -0.05) is 24.3 Å². The number of rotatable bonds is 5. The van der Waals surface area contributed by atoms with Crippen molar-refractivity contribution >= 4 is 29.6 Å². The molecular weight excluding hydrogens is 362 g/mol. The molecule has 0 radical (unpaired) electrons. The summed E-state index contributed by atoms with van der Waals surface area (Å²) < 4.78 is 15.4. The molecule has 0 aromatic heterocycles. The van der Waals surface area contributed by atoms with E-state index in [1.807, 2.05) is 0 Å². The summed E-state index contributed by atoms with van der Waals surface area (Å²) in [5.41, 5.74) is 1.99. The average Bonchev–Trinajstić information content (AvgIpc) is 2.71. The zero-order valence-corrected chi connectivity index (χ0v) is 15.4. The number of nitrogens with one attached hydrogen (secondary N) is 1. The second kappa shape index (κ2) is 8.39. The zero-order valence-electron chi connectivity index (χ0n) is 15.4. The quantitative estimate of drug-likeness (QED) is 0.487. The van der Waals surface area contributed by atoms with Gasteiger partial charge in [0, 0.05) is 18.2 Å². The van der Waals surface area contributed by atoms with E-state index in [4.69, 9.17) is 9.47 Å². The number of hydrogen-bond donors (Lipinski definition) is 1. The van der Waals surface area contributed by atoms with Crippen LogP contribution in [0.1, 0.15) is 23.5 Å². The number of hydrogen-bond acceptors (Lipinski definition) is 6. The number of carbonyl (C=O) groups excluding carboxylic acids is 3. The summed E-state index contributed by atoms with van der Waals surface area (Å²) >= 11 is 0. The highest BCUT2D eigenvalue weighted by Gasteiger charge is 2.32. The van der Waals surface area contributed by atoms with Gasteiger partial charge >= 0.3 is 11.9 Å². The Labute approximate surface area is 161 Å². The number of anilines is 1. The second-order valence-electron chi connectivity index (χ2n) is 6.08. The van der Waals surface area contributed by atoms with Gasteiger partial charge in [0.15, 0.2) is 11.5 Å². The lowest BCUT2D eigenvalue weighted by Gasteiger charge is -2.24. The lowest BCUT2D eigenvalue weighted by atomic mass is 9.91. The van der Waals surface area contributed by atoms with E-state index in [1.54, 1.807) is 48.5 Å². The molecule has 1 heterocycles. The van der Waals surface area contributed by atoms with Crippen LogP contribution >= 0.6 is 0 Å². The van der Waals surface area contributed by atoms with Gasteiger partial charge in [-0.15, -0.1) is 0 Å². The number of para-hydroxylation sites is 1. The molecular formula is C21H19NO6. The van der Waals surface area contributed by atoms with Crippen LogP contribution in [0.4, 0.5) is 5.69 Å². The topological polar surface area (TPSA) is 90.9 Å². The lowest BCUT2D eigenvalue weighted by molar-refractivity contribution is -0.138. The SMILES string of the molecule is COC(=O)C=Cc1ccc(OC(=O)C2CC(=O)Nc3ccccc32)c(OC)c1. The van der Waals surface area contributed by atoms with Gasteiger partial charge in [-0.3, -0.25) is 9.59 Å². The summed E-state index contributed by atoms with van der Waals surface area (Å²) in [6.07, 6.45) is 2.85. The fraction of sp³-hybridized carbons (Fsp3) is 0.190. The molecule has 0 saturated heterocycles. The number of benzene rings is 2. The summed E-state index contributed by atoms with van der Waals surface area (Å²) in [6.45, 7) is 0. The van der Waals surface area contributed by atoms with Crippen molar-refractivity contribution in [2.45, 2.75) is 12.3 Å². The average molecular weight is 381 g/mol. The molecule has 0 spiro atoms. The first-order valence-corrected chi connectivity index (χ1v) is 8.56. The standard InChI is InChI=1S/C21H19NO6/c1-26-18-11-13(8-10-20(24)27-2)7-9-17(18)28-21(25)15-12-19(23)22-16-6-4-3-5-14(15)16/h3-11,15H,12H2,1-2H3,(H,22,23). The Balaban J connectivity index is 1.82. The van der Waals surface area contributed by atoms with E-state index < -0.39 is 17.9 Å². The first-order valence-electron chi connectivity index (χ1n) is 8.56. The third-order valence-electron chi connectivity index (χ3n) is 4.30. The van der Waals surface area contributed by atoms with Crippen molar-refractivity contribution in [3.8, 4) is 11.5 Å². The van der Waals surface area contributed by atoms with Crippen LogP contribution in [0.25, 0.3) is 6.08 Å². The minimum atomic E-state index is -0.700. The van der Waals surface area contributed by atoms with E-state index in [2.05, 4.69) is 10.1 Å². The highest BCUT2D eigenvalue weighted by atomic mass is 16.6. The Hall–Kier alpha value is -3.61. The minimum Gasteiger partial charge on any atom is -0.493 e. The van der Waals surface area contributed by atoms with E-state index in [9.17, 15) is 14.4 Å². The highest BCUT2D eigenvalue weighted by Crippen LogP contribution is 2.35. The van der Waals surface area contributed by atoms with Crippen LogP contribution < -0.4 is 14.8 Å². The molecule has 1 aliphatic heterocycles. The molecule has 144 valence electrons. The first kappa shape index (κ1) is 19.2. The third kappa shape index (κ3) is 4.20. The van der Waals surface area contributed by atoms with Crippen LogP contribution in [-0.2, 0) is 19.1 Å². The molecule has 1 aliphatic rings. The lowest BCUT2D eigenvalue weighted by Crippen LogP contribution is -2.29.